The smallest absolute Gasteiger partial charge is 0.219 e. The van der Waals surface area contributed by atoms with Crippen LogP contribution in [0, 0.1) is 5.92 Å². The van der Waals surface area contributed by atoms with Gasteiger partial charge >= 0.3 is 0 Å². The summed E-state index contributed by atoms with van der Waals surface area (Å²) in [5.74, 6) is 0.690. The Kier molecular flexibility index (Phi) is 8.87. The molecule has 0 saturated heterocycles. The van der Waals surface area contributed by atoms with E-state index in [-0.39, 0.29) is 11.8 Å². The van der Waals surface area contributed by atoms with Crippen LogP contribution in [-0.4, -0.2) is 18.2 Å². The number of nitrogens with one attached hydrogen (secondary N) is 1. The monoisotopic (exact) mass is 227 g/mol. The minimum atomic E-state index is 0.107. The minimum Gasteiger partial charge on any atom is -0.356 e. The number of carbonyl (C=O) groups excluding carboxylic acids is 2. The van der Waals surface area contributed by atoms with E-state index in [0.29, 0.717) is 18.6 Å². The van der Waals surface area contributed by atoms with Gasteiger partial charge < -0.3 is 5.32 Å². The van der Waals surface area contributed by atoms with Gasteiger partial charge in [-0.1, -0.05) is 27.2 Å². The molecule has 1 amide bonds. The second-order valence-electron chi connectivity index (χ2n) is 4.29. The average Bonchev–Trinajstić information content (AvgIpc) is 2.31. The van der Waals surface area contributed by atoms with Gasteiger partial charge in [-0.25, -0.2) is 0 Å². The molecule has 0 radical (unpaired) electrons. The molecule has 1 unspecified atom stereocenters. The zero-order chi connectivity index (χ0) is 12.4. The van der Waals surface area contributed by atoms with Crippen molar-refractivity contribution in [2.24, 2.45) is 5.92 Å². The molecular weight excluding hydrogens is 202 g/mol. The fourth-order valence-electron chi connectivity index (χ4n) is 1.43. The van der Waals surface area contributed by atoms with Gasteiger partial charge in [0.25, 0.3) is 0 Å². The topological polar surface area (TPSA) is 46.2 Å². The first-order valence-electron chi connectivity index (χ1n) is 6.41. The summed E-state index contributed by atoms with van der Waals surface area (Å²) in [6, 6.07) is 0. The molecule has 0 rings (SSSR count). The molecule has 0 aromatic carbocycles. The van der Waals surface area contributed by atoms with Crippen LogP contribution in [-0.2, 0) is 9.59 Å². The van der Waals surface area contributed by atoms with E-state index in [1.807, 2.05) is 20.8 Å². The van der Waals surface area contributed by atoms with E-state index in [1.54, 1.807) is 0 Å². The molecule has 0 heterocycles. The molecular formula is C13H25NO2. The van der Waals surface area contributed by atoms with Gasteiger partial charge in [0, 0.05) is 25.3 Å². The Morgan fingerprint density at radius 2 is 1.81 bits per heavy atom. The van der Waals surface area contributed by atoms with Crippen molar-refractivity contribution in [2.75, 3.05) is 6.54 Å². The average molecular weight is 227 g/mol. The number of carbonyl (C=O) groups is 2. The summed E-state index contributed by atoms with van der Waals surface area (Å²) in [6.45, 7) is 6.62. The predicted octanol–water partition coefficient (Wildman–Crippen LogP) is 2.69. The van der Waals surface area contributed by atoms with Gasteiger partial charge in [0.15, 0.2) is 0 Å². The third-order valence-corrected chi connectivity index (χ3v) is 2.91. The van der Waals surface area contributed by atoms with Crippen LogP contribution in [0.15, 0.2) is 0 Å². The summed E-state index contributed by atoms with van der Waals surface area (Å²) in [4.78, 5) is 22.4. The number of unbranched alkanes of at least 4 members (excludes halogenated alkanes) is 2. The molecule has 3 nitrogen and oxygen atoms in total. The van der Waals surface area contributed by atoms with Crippen LogP contribution < -0.4 is 5.32 Å². The van der Waals surface area contributed by atoms with Gasteiger partial charge in [-0.3, -0.25) is 9.59 Å². The third kappa shape index (κ3) is 7.43. The third-order valence-electron chi connectivity index (χ3n) is 2.91. The van der Waals surface area contributed by atoms with Crippen LogP contribution in [0.4, 0.5) is 0 Å². The number of Topliss-reactive ketones (excluding diaryl/α,β-unsaturated/α-hetero) is 1. The largest absolute Gasteiger partial charge is 0.356 e. The van der Waals surface area contributed by atoms with E-state index in [1.165, 1.54) is 0 Å². The Hall–Kier alpha value is -0.860. The van der Waals surface area contributed by atoms with Crippen molar-refractivity contribution in [3.8, 4) is 0 Å². The number of ketones is 1. The molecule has 1 atom stereocenters. The Bertz CT molecular complexity index is 214. The van der Waals surface area contributed by atoms with Crippen molar-refractivity contribution in [1.29, 1.82) is 0 Å². The van der Waals surface area contributed by atoms with Crippen molar-refractivity contribution in [1.82, 2.24) is 5.32 Å². The number of rotatable bonds is 9. The van der Waals surface area contributed by atoms with Crippen LogP contribution >= 0.6 is 0 Å². The normalized spacial score (nSPS) is 12.2. The Balaban J connectivity index is 3.33. The first-order valence-corrected chi connectivity index (χ1v) is 6.41. The molecule has 0 aromatic rings. The van der Waals surface area contributed by atoms with Gasteiger partial charge in [-0.2, -0.15) is 0 Å². The van der Waals surface area contributed by atoms with E-state index in [2.05, 4.69) is 5.32 Å². The first-order chi connectivity index (χ1) is 7.61. The summed E-state index contributed by atoms with van der Waals surface area (Å²) in [6.07, 6.45) is 5.12. The van der Waals surface area contributed by atoms with Gasteiger partial charge in [-0.15, -0.1) is 0 Å². The van der Waals surface area contributed by atoms with Gasteiger partial charge in [0.05, 0.1) is 0 Å². The summed E-state index contributed by atoms with van der Waals surface area (Å²) < 4.78 is 0. The summed E-state index contributed by atoms with van der Waals surface area (Å²) in [5.41, 5.74) is 0. The van der Waals surface area contributed by atoms with Crippen LogP contribution in [0.25, 0.3) is 0 Å². The number of amides is 1. The highest BCUT2D eigenvalue weighted by molar-refractivity contribution is 5.80. The second-order valence-corrected chi connectivity index (χ2v) is 4.29. The SMILES string of the molecule is CCC(=O)NCCCCCC(=O)C(C)CC. The highest BCUT2D eigenvalue weighted by atomic mass is 16.1. The maximum Gasteiger partial charge on any atom is 0.219 e. The van der Waals surface area contributed by atoms with Gasteiger partial charge in [0.2, 0.25) is 5.91 Å². The van der Waals surface area contributed by atoms with E-state index in [4.69, 9.17) is 0 Å². The lowest BCUT2D eigenvalue weighted by molar-refractivity contribution is -0.123. The molecule has 3 heteroatoms. The quantitative estimate of drug-likeness (QED) is 0.616. The summed E-state index contributed by atoms with van der Waals surface area (Å²) in [5, 5.41) is 2.83. The fraction of sp³-hybridized carbons (Fsp3) is 0.846. The highest BCUT2D eigenvalue weighted by Gasteiger charge is 2.09. The predicted molar refractivity (Wildman–Crippen MR) is 66.2 cm³/mol. The molecule has 0 aromatic heterocycles. The van der Waals surface area contributed by atoms with Gasteiger partial charge in [-0.05, 0) is 19.3 Å². The molecule has 0 spiro atoms. The lowest BCUT2D eigenvalue weighted by Gasteiger charge is -2.07. The zero-order valence-electron chi connectivity index (χ0n) is 10.8. The molecule has 0 aliphatic rings. The van der Waals surface area contributed by atoms with E-state index in [9.17, 15) is 9.59 Å². The zero-order valence-corrected chi connectivity index (χ0v) is 10.8. The maximum atomic E-state index is 11.5. The van der Waals surface area contributed by atoms with Crippen molar-refractivity contribution >= 4 is 11.7 Å². The lowest BCUT2D eigenvalue weighted by Crippen LogP contribution is -2.23. The number of hydrogen-bond donors (Lipinski definition) is 1. The molecule has 0 aliphatic carbocycles. The summed E-state index contributed by atoms with van der Waals surface area (Å²) >= 11 is 0. The van der Waals surface area contributed by atoms with E-state index < -0.39 is 0 Å². The molecule has 0 fully saturated rings. The molecule has 16 heavy (non-hydrogen) atoms. The first kappa shape index (κ1) is 15.1. The molecule has 1 N–H and O–H groups in total. The van der Waals surface area contributed by atoms with Crippen molar-refractivity contribution < 1.29 is 9.59 Å². The Labute approximate surface area is 99.0 Å². The molecule has 0 aliphatic heterocycles. The summed E-state index contributed by atoms with van der Waals surface area (Å²) in [7, 11) is 0. The standard InChI is InChI=1S/C13H25NO2/c1-4-11(3)12(15)9-7-6-8-10-14-13(16)5-2/h11H,4-10H2,1-3H3,(H,14,16). The Morgan fingerprint density at radius 1 is 1.12 bits per heavy atom. The van der Waals surface area contributed by atoms with Crippen LogP contribution in [0.5, 0.6) is 0 Å². The van der Waals surface area contributed by atoms with E-state index >= 15 is 0 Å². The van der Waals surface area contributed by atoms with Gasteiger partial charge in [0.1, 0.15) is 5.78 Å². The lowest BCUT2D eigenvalue weighted by atomic mass is 9.99. The van der Waals surface area contributed by atoms with Crippen molar-refractivity contribution in [2.45, 2.75) is 59.3 Å². The van der Waals surface area contributed by atoms with Crippen LogP contribution in [0.3, 0.4) is 0 Å². The fourth-order valence-corrected chi connectivity index (χ4v) is 1.43. The van der Waals surface area contributed by atoms with Crippen LogP contribution in [0.1, 0.15) is 59.3 Å². The molecule has 94 valence electrons. The second kappa shape index (κ2) is 9.37. The van der Waals surface area contributed by atoms with E-state index in [0.717, 1.165) is 32.2 Å². The van der Waals surface area contributed by atoms with Crippen molar-refractivity contribution in [3.63, 3.8) is 0 Å². The van der Waals surface area contributed by atoms with Crippen molar-refractivity contribution in [3.05, 3.63) is 0 Å². The maximum absolute atomic E-state index is 11.5. The van der Waals surface area contributed by atoms with Crippen LogP contribution in [0.2, 0.25) is 0 Å². The molecule has 0 saturated carbocycles. The minimum absolute atomic E-state index is 0.107. The Morgan fingerprint density at radius 3 is 2.38 bits per heavy atom. The molecule has 0 bridgehead atoms. The number of hydrogen-bond acceptors (Lipinski definition) is 2. The highest BCUT2D eigenvalue weighted by Crippen LogP contribution is 2.09.